The van der Waals surface area contributed by atoms with Crippen LogP contribution in [0.25, 0.3) is 0 Å². The van der Waals surface area contributed by atoms with Gasteiger partial charge in [-0.2, -0.15) is 0 Å². The average molecular weight is 243 g/mol. The fourth-order valence-electron chi connectivity index (χ4n) is 1.05. The van der Waals surface area contributed by atoms with Gasteiger partial charge < -0.3 is 17.6 Å². The first-order chi connectivity index (χ1) is 7.27. The molecule has 0 saturated heterocycles. The van der Waals surface area contributed by atoms with E-state index in [1.54, 1.807) is 10.9 Å². The zero-order valence-corrected chi connectivity index (χ0v) is 10.1. The Bertz CT molecular complexity index is 403. The lowest BCUT2D eigenvalue weighted by molar-refractivity contribution is -0.672. The Labute approximate surface area is 101 Å². The molecule has 0 amide bonds. The summed E-state index contributed by atoms with van der Waals surface area (Å²) in [5.41, 5.74) is 0. The Morgan fingerprint density at radius 1 is 1.69 bits per heavy atom. The lowest BCUT2D eigenvalue weighted by Gasteiger charge is -1.81. The molecule has 6 heteroatoms. The van der Waals surface area contributed by atoms with Crippen LogP contribution in [0.15, 0.2) is 11.5 Å². The highest BCUT2D eigenvalue weighted by Gasteiger charge is 2.09. The molecular formula is C10H15ClN4O. The Hall–Kier alpha value is -1.54. The average Bonchev–Trinajstić information content (AvgIpc) is 2.55. The molecule has 1 heterocycles. The topological polar surface area (TPSA) is 54.3 Å². The fourth-order valence-corrected chi connectivity index (χ4v) is 1.05. The Morgan fingerprint density at radius 2 is 2.44 bits per heavy atom. The van der Waals surface area contributed by atoms with Gasteiger partial charge in [0.05, 0.1) is 12.1 Å². The second-order valence-electron chi connectivity index (χ2n) is 3.17. The maximum atomic E-state index is 8.37. The van der Waals surface area contributed by atoms with Crippen molar-refractivity contribution in [2.24, 2.45) is 12.2 Å². The molecule has 0 aliphatic carbocycles. The molecule has 0 aromatic carbocycles. The molecule has 1 aromatic heterocycles. The van der Waals surface area contributed by atoms with Crippen LogP contribution in [0.3, 0.4) is 0 Å². The van der Waals surface area contributed by atoms with Gasteiger partial charge in [-0.15, -0.1) is 0 Å². The zero-order valence-electron chi connectivity index (χ0n) is 9.39. The normalized spacial score (nSPS) is 9.62. The van der Waals surface area contributed by atoms with Crippen LogP contribution in [0, 0.1) is 12.0 Å². The van der Waals surface area contributed by atoms with E-state index in [1.165, 1.54) is 10.9 Å². The van der Waals surface area contributed by atoms with Gasteiger partial charge in [-0.05, 0) is 11.1 Å². The molecule has 0 radical (unpaired) electrons. The Balaban J connectivity index is 0.00000225. The summed E-state index contributed by atoms with van der Waals surface area (Å²) in [6, 6.07) is 2.89. The van der Waals surface area contributed by atoms with E-state index in [-0.39, 0.29) is 12.4 Å². The van der Waals surface area contributed by atoms with Gasteiger partial charge in [-0.3, -0.25) is 0 Å². The van der Waals surface area contributed by atoms with E-state index in [0.717, 1.165) is 19.3 Å². The minimum atomic E-state index is 0. The highest BCUT2D eigenvalue weighted by molar-refractivity contribution is 5.71. The standard InChI is InChI=1S/C10H14N4O.ClH/c1-3-4-5-6-7-14-9-13(2)10(12-14)8-11-15;/h8-9H,3-5H2,1-2H3;1H. The van der Waals surface area contributed by atoms with Crippen LogP contribution in [0.4, 0.5) is 0 Å². The predicted octanol–water partition coefficient (Wildman–Crippen LogP) is -2.48. The molecule has 0 fully saturated rings. The first kappa shape index (κ1) is 14.5. The van der Waals surface area contributed by atoms with Crippen LogP contribution in [-0.4, -0.2) is 21.2 Å². The molecule has 0 aliphatic heterocycles. The van der Waals surface area contributed by atoms with Gasteiger partial charge in [0.2, 0.25) is 6.33 Å². The summed E-state index contributed by atoms with van der Waals surface area (Å²) in [6.07, 6.45) is 6.12. The van der Waals surface area contributed by atoms with E-state index < -0.39 is 0 Å². The van der Waals surface area contributed by atoms with Crippen LogP contribution in [0.2, 0.25) is 0 Å². The van der Waals surface area contributed by atoms with Crippen molar-refractivity contribution >= 4 is 6.21 Å². The Morgan fingerprint density at radius 3 is 3.06 bits per heavy atom. The Kier molecular flexibility index (Phi) is 6.97. The molecule has 16 heavy (non-hydrogen) atoms. The number of unbranched alkanes of at least 4 members (excludes halogenated alkanes) is 2. The number of halogens is 1. The highest BCUT2D eigenvalue weighted by atomic mass is 35.5. The fraction of sp³-hybridized carbons (Fsp3) is 0.500. The third kappa shape index (κ3) is 4.32. The van der Waals surface area contributed by atoms with Crippen molar-refractivity contribution < 1.29 is 22.2 Å². The molecule has 0 spiro atoms. The van der Waals surface area contributed by atoms with E-state index in [2.05, 4.69) is 29.1 Å². The smallest absolute Gasteiger partial charge is 0.324 e. The molecule has 5 nitrogen and oxygen atoms in total. The van der Waals surface area contributed by atoms with Gasteiger partial charge in [0.25, 0.3) is 0 Å². The summed E-state index contributed by atoms with van der Waals surface area (Å²) >= 11 is 0. The monoisotopic (exact) mass is 242 g/mol. The maximum Gasteiger partial charge on any atom is 0.324 e. The van der Waals surface area contributed by atoms with Crippen LogP contribution < -0.4 is 17.0 Å². The molecule has 1 aromatic rings. The number of hydrogen-bond donors (Lipinski definition) is 1. The molecule has 0 atom stereocenters. The lowest BCUT2D eigenvalue weighted by Crippen LogP contribution is -3.00. The first-order valence-corrected chi connectivity index (χ1v) is 4.89. The molecule has 0 bridgehead atoms. The van der Waals surface area contributed by atoms with Crippen molar-refractivity contribution in [2.75, 3.05) is 0 Å². The van der Waals surface area contributed by atoms with E-state index in [4.69, 9.17) is 5.21 Å². The van der Waals surface area contributed by atoms with Gasteiger partial charge in [0.15, 0.2) is 0 Å². The third-order valence-electron chi connectivity index (χ3n) is 1.88. The minimum Gasteiger partial charge on any atom is -1.00 e. The summed E-state index contributed by atoms with van der Waals surface area (Å²) in [7, 11) is 1.81. The zero-order chi connectivity index (χ0) is 11.1. The first-order valence-electron chi connectivity index (χ1n) is 4.89. The van der Waals surface area contributed by atoms with Crippen molar-refractivity contribution in [1.29, 1.82) is 0 Å². The summed E-state index contributed by atoms with van der Waals surface area (Å²) in [5.74, 6) is 3.57. The van der Waals surface area contributed by atoms with Crippen molar-refractivity contribution in [3.63, 3.8) is 0 Å². The molecule has 0 aliphatic rings. The summed E-state index contributed by atoms with van der Waals surface area (Å²) in [4.78, 5) is 0. The lowest BCUT2D eigenvalue weighted by atomic mass is 10.3. The van der Waals surface area contributed by atoms with E-state index in [9.17, 15) is 0 Å². The largest absolute Gasteiger partial charge is 1.00 e. The third-order valence-corrected chi connectivity index (χ3v) is 1.88. The molecule has 88 valence electrons. The number of oxime groups is 1. The van der Waals surface area contributed by atoms with Crippen molar-refractivity contribution in [2.45, 2.75) is 26.2 Å². The van der Waals surface area contributed by atoms with Gasteiger partial charge in [0.1, 0.15) is 12.3 Å². The molecular weight excluding hydrogens is 228 g/mol. The highest BCUT2D eigenvalue weighted by Crippen LogP contribution is 1.90. The SMILES string of the molecule is CCCCC#Cn1c[n+](C)c(C=NO)n1.[Cl-]. The number of aromatic nitrogens is 3. The van der Waals surface area contributed by atoms with Crippen LogP contribution in [0.5, 0.6) is 0 Å². The second kappa shape index (κ2) is 7.71. The van der Waals surface area contributed by atoms with Crippen LogP contribution in [0.1, 0.15) is 32.0 Å². The van der Waals surface area contributed by atoms with Gasteiger partial charge in [-0.25, -0.2) is 4.57 Å². The van der Waals surface area contributed by atoms with Gasteiger partial charge >= 0.3 is 5.82 Å². The van der Waals surface area contributed by atoms with Crippen LogP contribution in [-0.2, 0) is 7.05 Å². The number of nitrogens with zero attached hydrogens (tertiary/aromatic N) is 4. The number of aryl methyl sites for hydroxylation is 1. The van der Waals surface area contributed by atoms with E-state index >= 15 is 0 Å². The van der Waals surface area contributed by atoms with E-state index in [0.29, 0.717) is 5.82 Å². The van der Waals surface area contributed by atoms with E-state index in [1.807, 2.05) is 7.05 Å². The van der Waals surface area contributed by atoms with Gasteiger partial charge in [0, 0.05) is 6.42 Å². The second-order valence-corrected chi connectivity index (χ2v) is 3.17. The summed E-state index contributed by atoms with van der Waals surface area (Å²) in [6.45, 7) is 2.13. The minimum absolute atomic E-state index is 0. The molecule has 1 N–H and O–H groups in total. The maximum absolute atomic E-state index is 8.37. The summed E-state index contributed by atoms with van der Waals surface area (Å²) < 4.78 is 3.25. The number of hydrogen-bond acceptors (Lipinski definition) is 3. The quantitative estimate of drug-likeness (QED) is 0.159. The van der Waals surface area contributed by atoms with Gasteiger partial charge in [-0.1, -0.05) is 24.4 Å². The predicted molar refractivity (Wildman–Crippen MR) is 55.5 cm³/mol. The van der Waals surface area contributed by atoms with Crippen LogP contribution >= 0.6 is 0 Å². The summed E-state index contributed by atoms with van der Waals surface area (Å²) in [5, 5.41) is 15.4. The molecule has 0 unspecified atom stereocenters. The number of rotatable bonds is 3. The van der Waals surface area contributed by atoms with Crippen molar-refractivity contribution in [3.8, 4) is 12.0 Å². The molecule has 1 rings (SSSR count). The molecule has 0 saturated carbocycles. The van der Waals surface area contributed by atoms with Crippen molar-refractivity contribution in [1.82, 2.24) is 9.78 Å². The van der Waals surface area contributed by atoms with Crippen molar-refractivity contribution in [3.05, 3.63) is 12.2 Å².